The van der Waals surface area contributed by atoms with Crippen molar-refractivity contribution in [1.29, 1.82) is 0 Å². The summed E-state index contributed by atoms with van der Waals surface area (Å²) in [5.74, 6) is 6.94. The lowest BCUT2D eigenvalue weighted by Gasteiger charge is -2.25. The molecule has 4 aromatic rings. The van der Waals surface area contributed by atoms with Crippen LogP contribution in [0, 0.1) is 11.8 Å². The first-order valence-electron chi connectivity index (χ1n) is 13.6. The summed E-state index contributed by atoms with van der Waals surface area (Å²) < 4.78 is 6.12. The van der Waals surface area contributed by atoms with Gasteiger partial charge in [0, 0.05) is 58.0 Å². The van der Waals surface area contributed by atoms with Crippen LogP contribution in [0.4, 0.5) is 0 Å². The number of ether oxygens (including phenoxy) is 1. The number of hydrogen-bond donors (Lipinski definition) is 5. The molecule has 1 heterocycles. The SMILES string of the molecule is CC(C)Oc1ccc(C#Cc2ccc(C(=O)NCCO)cc2)cc1[C@@H](C)N[C@@H](CO)Cc1c[nH]c2ccccc12. The lowest BCUT2D eigenvalue weighted by molar-refractivity contribution is 0.0944. The van der Waals surface area contributed by atoms with Crippen molar-refractivity contribution in [2.45, 2.75) is 45.4 Å². The van der Waals surface area contributed by atoms with Crippen molar-refractivity contribution < 1.29 is 19.7 Å². The zero-order valence-corrected chi connectivity index (χ0v) is 23.2. The molecular weight excluding hydrogens is 502 g/mol. The topological polar surface area (TPSA) is 107 Å². The van der Waals surface area contributed by atoms with Gasteiger partial charge in [0.2, 0.25) is 0 Å². The number of H-pyrrole nitrogens is 1. The van der Waals surface area contributed by atoms with E-state index < -0.39 is 0 Å². The summed E-state index contributed by atoms with van der Waals surface area (Å²) in [7, 11) is 0. The van der Waals surface area contributed by atoms with Crippen molar-refractivity contribution >= 4 is 16.8 Å². The molecule has 0 spiro atoms. The Kier molecular flexibility index (Phi) is 9.98. The summed E-state index contributed by atoms with van der Waals surface area (Å²) >= 11 is 0. The lowest BCUT2D eigenvalue weighted by Crippen LogP contribution is -2.36. The number of aromatic nitrogens is 1. The second kappa shape index (κ2) is 13.8. The van der Waals surface area contributed by atoms with E-state index in [2.05, 4.69) is 46.5 Å². The highest BCUT2D eigenvalue weighted by atomic mass is 16.5. The van der Waals surface area contributed by atoms with Crippen LogP contribution in [0.15, 0.2) is 72.9 Å². The van der Waals surface area contributed by atoms with Crippen LogP contribution in [0.1, 0.15) is 59.4 Å². The van der Waals surface area contributed by atoms with Gasteiger partial charge in [0.15, 0.2) is 0 Å². The minimum Gasteiger partial charge on any atom is -0.491 e. The lowest BCUT2D eigenvalue weighted by atomic mass is 10.0. The summed E-state index contributed by atoms with van der Waals surface area (Å²) in [6, 6.07) is 20.9. The number of carbonyl (C=O) groups is 1. The van der Waals surface area contributed by atoms with Crippen molar-refractivity contribution in [2.75, 3.05) is 19.8 Å². The Hall–Kier alpha value is -4.09. The molecule has 0 saturated heterocycles. The van der Waals surface area contributed by atoms with Crippen LogP contribution >= 0.6 is 0 Å². The van der Waals surface area contributed by atoms with Crippen molar-refractivity contribution in [3.8, 4) is 17.6 Å². The Balaban J connectivity index is 1.52. The molecule has 0 aliphatic heterocycles. The molecule has 208 valence electrons. The maximum absolute atomic E-state index is 12.1. The minimum absolute atomic E-state index is 0.00225. The van der Waals surface area contributed by atoms with E-state index in [1.54, 1.807) is 24.3 Å². The van der Waals surface area contributed by atoms with Crippen LogP contribution in [0.3, 0.4) is 0 Å². The predicted molar refractivity (Wildman–Crippen MR) is 158 cm³/mol. The van der Waals surface area contributed by atoms with Gasteiger partial charge >= 0.3 is 0 Å². The molecule has 3 aromatic carbocycles. The average molecular weight is 540 g/mol. The van der Waals surface area contributed by atoms with Gasteiger partial charge in [0.25, 0.3) is 5.91 Å². The van der Waals surface area contributed by atoms with E-state index in [0.29, 0.717) is 12.0 Å². The number of aliphatic hydroxyl groups excluding tert-OH is 2. The molecule has 2 atom stereocenters. The van der Waals surface area contributed by atoms with Crippen molar-refractivity contribution in [1.82, 2.24) is 15.6 Å². The molecular formula is C33H37N3O4. The highest BCUT2D eigenvalue weighted by molar-refractivity contribution is 5.94. The summed E-state index contributed by atoms with van der Waals surface area (Å²) in [5, 5.41) is 26.5. The van der Waals surface area contributed by atoms with Crippen LogP contribution < -0.4 is 15.4 Å². The van der Waals surface area contributed by atoms with Gasteiger partial charge in [-0.25, -0.2) is 0 Å². The molecule has 0 bridgehead atoms. The van der Waals surface area contributed by atoms with E-state index in [0.717, 1.165) is 38.9 Å². The molecule has 5 N–H and O–H groups in total. The first-order chi connectivity index (χ1) is 19.4. The van der Waals surface area contributed by atoms with Gasteiger partial charge in [-0.15, -0.1) is 0 Å². The van der Waals surface area contributed by atoms with Crippen LogP contribution in [0.5, 0.6) is 5.75 Å². The zero-order valence-electron chi connectivity index (χ0n) is 23.2. The molecule has 1 amide bonds. The highest BCUT2D eigenvalue weighted by Gasteiger charge is 2.19. The molecule has 1 aromatic heterocycles. The molecule has 4 rings (SSSR count). The largest absolute Gasteiger partial charge is 0.491 e. The van der Waals surface area contributed by atoms with Gasteiger partial charge in [-0.1, -0.05) is 30.0 Å². The Morgan fingerprint density at radius 1 is 0.975 bits per heavy atom. The average Bonchev–Trinajstić information content (AvgIpc) is 3.37. The molecule has 0 fully saturated rings. The highest BCUT2D eigenvalue weighted by Crippen LogP contribution is 2.28. The number of fused-ring (bicyclic) bond motifs is 1. The number of benzene rings is 3. The molecule has 0 aliphatic rings. The standard InChI is InChI=1S/C33H37N3O4/c1-22(2)40-32-15-12-25(9-8-24-10-13-26(14-11-24)33(39)34-16-17-37)18-30(32)23(3)36-28(21-38)19-27-20-35-31-7-5-4-6-29(27)31/h4-7,10-15,18,20,22-23,28,35-38H,16-17,19,21H2,1-3H3,(H,34,39)/t23-,28-/m1/s1. The van der Waals surface area contributed by atoms with Crippen molar-refractivity contribution in [2.24, 2.45) is 0 Å². The second-order valence-corrected chi connectivity index (χ2v) is 10.1. The number of aliphatic hydroxyl groups is 2. The smallest absolute Gasteiger partial charge is 0.251 e. The third kappa shape index (κ3) is 7.51. The van der Waals surface area contributed by atoms with E-state index in [4.69, 9.17) is 9.84 Å². The summed E-state index contributed by atoms with van der Waals surface area (Å²) in [5.41, 5.74) is 5.34. The number of para-hydroxylation sites is 1. The van der Waals surface area contributed by atoms with Gasteiger partial charge in [0.1, 0.15) is 5.75 Å². The Morgan fingerprint density at radius 3 is 2.42 bits per heavy atom. The Morgan fingerprint density at radius 2 is 1.70 bits per heavy atom. The van der Waals surface area contributed by atoms with Gasteiger partial charge in [-0.3, -0.25) is 4.79 Å². The summed E-state index contributed by atoms with van der Waals surface area (Å²) in [4.78, 5) is 15.4. The molecule has 0 saturated carbocycles. The summed E-state index contributed by atoms with van der Waals surface area (Å²) in [6.45, 7) is 6.18. The first-order valence-corrected chi connectivity index (χ1v) is 13.6. The van der Waals surface area contributed by atoms with E-state index in [1.165, 1.54) is 0 Å². The van der Waals surface area contributed by atoms with Gasteiger partial charge in [-0.05, 0) is 81.3 Å². The maximum Gasteiger partial charge on any atom is 0.251 e. The number of nitrogens with one attached hydrogen (secondary N) is 3. The van der Waals surface area contributed by atoms with Gasteiger partial charge in [-0.2, -0.15) is 0 Å². The van der Waals surface area contributed by atoms with Crippen LogP contribution in [0.25, 0.3) is 10.9 Å². The quantitative estimate of drug-likeness (QED) is 0.183. The number of hydrogen-bond acceptors (Lipinski definition) is 5. The van der Waals surface area contributed by atoms with E-state index in [-0.39, 0.29) is 43.9 Å². The molecule has 0 radical (unpaired) electrons. The fourth-order valence-electron chi connectivity index (χ4n) is 4.63. The van der Waals surface area contributed by atoms with Crippen LogP contribution in [0.2, 0.25) is 0 Å². The number of rotatable bonds is 11. The maximum atomic E-state index is 12.1. The van der Waals surface area contributed by atoms with E-state index >= 15 is 0 Å². The second-order valence-electron chi connectivity index (χ2n) is 10.1. The molecule has 0 aliphatic carbocycles. The summed E-state index contributed by atoms with van der Waals surface area (Å²) in [6.07, 6.45) is 2.70. The van der Waals surface area contributed by atoms with E-state index in [1.807, 2.05) is 50.4 Å². The molecule has 0 unspecified atom stereocenters. The fraction of sp³-hybridized carbons (Fsp3) is 0.303. The predicted octanol–water partition coefficient (Wildman–Crippen LogP) is 4.33. The van der Waals surface area contributed by atoms with E-state index in [9.17, 15) is 9.90 Å². The third-order valence-electron chi connectivity index (χ3n) is 6.58. The minimum atomic E-state index is -0.230. The zero-order chi connectivity index (χ0) is 28.5. The Labute approximate surface area is 235 Å². The monoisotopic (exact) mass is 539 g/mol. The van der Waals surface area contributed by atoms with Crippen molar-refractivity contribution in [3.05, 3.63) is 101 Å². The number of amides is 1. The molecule has 7 nitrogen and oxygen atoms in total. The third-order valence-corrected chi connectivity index (χ3v) is 6.58. The first kappa shape index (κ1) is 28.9. The van der Waals surface area contributed by atoms with Crippen LogP contribution in [-0.2, 0) is 6.42 Å². The fourth-order valence-corrected chi connectivity index (χ4v) is 4.63. The Bertz CT molecular complexity index is 1480. The van der Waals surface area contributed by atoms with Gasteiger partial charge < -0.3 is 30.6 Å². The van der Waals surface area contributed by atoms with Gasteiger partial charge in [0.05, 0.1) is 19.3 Å². The van der Waals surface area contributed by atoms with Crippen molar-refractivity contribution in [3.63, 3.8) is 0 Å². The van der Waals surface area contributed by atoms with Crippen LogP contribution in [-0.4, -0.2) is 53.0 Å². The molecule has 40 heavy (non-hydrogen) atoms. The normalized spacial score (nSPS) is 12.6. The number of aromatic amines is 1. The molecule has 7 heteroatoms. The number of carbonyl (C=O) groups excluding carboxylic acids is 1.